The van der Waals surface area contributed by atoms with E-state index in [2.05, 4.69) is 0 Å². The summed E-state index contributed by atoms with van der Waals surface area (Å²) in [6.45, 7) is 0.236. The van der Waals surface area contributed by atoms with Crippen molar-refractivity contribution in [3.63, 3.8) is 0 Å². The van der Waals surface area contributed by atoms with Gasteiger partial charge in [0.25, 0.3) is 0 Å². The van der Waals surface area contributed by atoms with E-state index in [1.807, 2.05) is 30.3 Å². The van der Waals surface area contributed by atoms with Gasteiger partial charge in [0.1, 0.15) is 18.2 Å². The Balaban J connectivity index is 1.43. The van der Waals surface area contributed by atoms with Gasteiger partial charge in [-0.1, -0.05) is 30.3 Å². The minimum atomic E-state index is -0.997. The Morgan fingerprint density at radius 2 is 1.86 bits per heavy atom. The van der Waals surface area contributed by atoms with Crippen molar-refractivity contribution < 1.29 is 23.8 Å². The molecule has 0 radical (unpaired) electrons. The lowest BCUT2D eigenvalue weighted by Crippen LogP contribution is -2.54. The second-order valence-corrected chi connectivity index (χ2v) is 8.10. The van der Waals surface area contributed by atoms with Crippen molar-refractivity contribution in [3.05, 3.63) is 65.5 Å². The third-order valence-corrected chi connectivity index (χ3v) is 6.03. The van der Waals surface area contributed by atoms with E-state index in [0.29, 0.717) is 30.6 Å². The molecule has 2 aromatic carbocycles. The number of methoxy groups -OCH3 is 1. The smallest absolute Gasteiger partial charge is 0.410 e. The van der Waals surface area contributed by atoms with E-state index in [-0.39, 0.29) is 30.6 Å². The highest BCUT2D eigenvalue weighted by atomic mass is 19.1. The molecular formula is C23H26FNO4. The quantitative estimate of drug-likeness (QED) is 0.823. The summed E-state index contributed by atoms with van der Waals surface area (Å²) in [6.07, 6.45) is 2.55. The molecule has 2 fully saturated rings. The second-order valence-electron chi connectivity index (χ2n) is 8.10. The Morgan fingerprint density at radius 1 is 1.17 bits per heavy atom. The molecule has 0 aliphatic carbocycles. The third kappa shape index (κ3) is 4.22. The number of fused-ring (bicyclic) bond motifs is 2. The van der Waals surface area contributed by atoms with Crippen LogP contribution in [0, 0.1) is 5.82 Å². The van der Waals surface area contributed by atoms with Crippen LogP contribution < -0.4 is 4.74 Å². The van der Waals surface area contributed by atoms with Crippen LogP contribution in [0.1, 0.15) is 36.8 Å². The summed E-state index contributed by atoms with van der Waals surface area (Å²) in [5, 5.41) is 11.3. The fourth-order valence-electron chi connectivity index (χ4n) is 4.80. The predicted octanol–water partition coefficient (Wildman–Crippen LogP) is 4.07. The first-order valence-electron chi connectivity index (χ1n) is 10.0. The van der Waals surface area contributed by atoms with Gasteiger partial charge in [-0.25, -0.2) is 9.18 Å². The first kappa shape index (κ1) is 19.7. The molecule has 2 bridgehead atoms. The molecular weight excluding hydrogens is 373 g/mol. The van der Waals surface area contributed by atoms with Gasteiger partial charge in [0.05, 0.1) is 12.7 Å². The van der Waals surface area contributed by atoms with Crippen molar-refractivity contribution in [1.29, 1.82) is 0 Å². The molecule has 2 aliphatic heterocycles. The highest BCUT2D eigenvalue weighted by Crippen LogP contribution is 2.43. The van der Waals surface area contributed by atoms with Gasteiger partial charge in [-0.05, 0) is 55.0 Å². The number of amides is 1. The molecule has 2 saturated heterocycles. The Labute approximate surface area is 170 Å². The molecule has 1 N–H and O–H groups in total. The van der Waals surface area contributed by atoms with Crippen molar-refractivity contribution in [1.82, 2.24) is 4.90 Å². The van der Waals surface area contributed by atoms with Gasteiger partial charge in [-0.3, -0.25) is 0 Å². The zero-order valence-corrected chi connectivity index (χ0v) is 16.5. The van der Waals surface area contributed by atoms with E-state index in [1.165, 1.54) is 19.2 Å². The lowest BCUT2D eigenvalue weighted by Gasteiger charge is -2.43. The van der Waals surface area contributed by atoms with Crippen LogP contribution in [0.5, 0.6) is 5.75 Å². The SMILES string of the molecule is COc1ccc(F)cc1CC1(O)CC2CCC(C1)N2C(=O)OCc1ccccc1. The molecule has 2 atom stereocenters. The third-order valence-electron chi connectivity index (χ3n) is 6.03. The summed E-state index contributed by atoms with van der Waals surface area (Å²) < 4.78 is 24.6. The van der Waals surface area contributed by atoms with Crippen molar-refractivity contribution in [3.8, 4) is 5.75 Å². The van der Waals surface area contributed by atoms with Crippen LogP contribution in [-0.2, 0) is 17.8 Å². The molecule has 2 aliphatic rings. The molecule has 4 rings (SSSR count). The monoisotopic (exact) mass is 399 g/mol. The Bertz CT molecular complexity index is 858. The van der Waals surface area contributed by atoms with Crippen LogP contribution in [0.15, 0.2) is 48.5 Å². The zero-order valence-electron chi connectivity index (χ0n) is 16.5. The molecule has 5 nitrogen and oxygen atoms in total. The zero-order chi connectivity index (χ0) is 20.4. The van der Waals surface area contributed by atoms with Gasteiger partial charge in [0, 0.05) is 18.5 Å². The van der Waals surface area contributed by atoms with Gasteiger partial charge in [0.2, 0.25) is 0 Å². The van der Waals surface area contributed by atoms with Crippen LogP contribution in [0.2, 0.25) is 0 Å². The van der Waals surface area contributed by atoms with Crippen LogP contribution in [0.4, 0.5) is 9.18 Å². The first-order chi connectivity index (χ1) is 14.0. The number of carbonyl (C=O) groups excluding carboxylic acids is 1. The maximum atomic E-state index is 13.7. The number of halogens is 1. The van der Waals surface area contributed by atoms with Crippen LogP contribution >= 0.6 is 0 Å². The number of rotatable bonds is 5. The Hall–Kier alpha value is -2.60. The van der Waals surface area contributed by atoms with Crippen LogP contribution in [0.3, 0.4) is 0 Å². The minimum Gasteiger partial charge on any atom is -0.496 e. The van der Waals surface area contributed by atoms with E-state index < -0.39 is 5.60 Å². The highest BCUT2D eigenvalue weighted by molar-refractivity contribution is 5.69. The maximum Gasteiger partial charge on any atom is 0.410 e. The van der Waals surface area contributed by atoms with Crippen molar-refractivity contribution >= 4 is 6.09 Å². The molecule has 0 aromatic heterocycles. The molecule has 154 valence electrons. The van der Waals surface area contributed by atoms with Crippen molar-refractivity contribution in [2.75, 3.05) is 7.11 Å². The number of nitrogens with zero attached hydrogens (tertiary/aromatic N) is 1. The molecule has 2 heterocycles. The second kappa shape index (κ2) is 8.03. The molecule has 0 saturated carbocycles. The fourth-order valence-corrected chi connectivity index (χ4v) is 4.80. The number of piperidine rings is 1. The maximum absolute atomic E-state index is 13.7. The molecule has 2 aromatic rings. The highest BCUT2D eigenvalue weighted by Gasteiger charge is 2.50. The molecule has 29 heavy (non-hydrogen) atoms. The van der Waals surface area contributed by atoms with Gasteiger partial charge >= 0.3 is 6.09 Å². The standard InChI is InChI=1S/C23H26FNO4/c1-28-21-10-7-18(24)11-17(21)12-23(27)13-19-8-9-20(14-23)25(19)22(26)29-15-16-5-3-2-4-6-16/h2-7,10-11,19-20,27H,8-9,12-15H2,1H3. The summed E-state index contributed by atoms with van der Waals surface area (Å²) in [5.41, 5.74) is 0.595. The Kier molecular flexibility index (Phi) is 5.46. The first-order valence-corrected chi connectivity index (χ1v) is 10.0. The number of carbonyl (C=O) groups is 1. The summed E-state index contributed by atoms with van der Waals surface area (Å²) in [7, 11) is 1.54. The average Bonchev–Trinajstić information content (AvgIpc) is 2.99. The summed E-state index contributed by atoms with van der Waals surface area (Å²) >= 11 is 0. The molecule has 0 spiro atoms. The van der Waals surface area contributed by atoms with Gasteiger partial charge < -0.3 is 19.5 Å². The minimum absolute atomic E-state index is 0.0680. The summed E-state index contributed by atoms with van der Waals surface area (Å²) in [5.74, 6) is 0.214. The van der Waals surface area contributed by atoms with Crippen LogP contribution in [-0.4, -0.2) is 40.9 Å². The van der Waals surface area contributed by atoms with E-state index in [4.69, 9.17) is 9.47 Å². The lowest BCUT2D eigenvalue weighted by molar-refractivity contribution is -0.0488. The number of benzene rings is 2. The van der Waals surface area contributed by atoms with Crippen LogP contribution in [0.25, 0.3) is 0 Å². The van der Waals surface area contributed by atoms with E-state index in [1.54, 1.807) is 11.0 Å². The number of hydrogen-bond acceptors (Lipinski definition) is 4. The van der Waals surface area contributed by atoms with E-state index >= 15 is 0 Å². The fraction of sp³-hybridized carbons (Fsp3) is 0.435. The largest absolute Gasteiger partial charge is 0.496 e. The summed E-state index contributed by atoms with van der Waals surface area (Å²) in [6, 6.07) is 13.8. The average molecular weight is 399 g/mol. The van der Waals surface area contributed by atoms with Gasteiger partial charge in [-0.2, -0.15) is 0 Å². The number of aliphatic hydroxyl groups is 1. The van der Waals surface area contributed by atoms with Crippen molar-refractivity contribution in [2.24, 2.45) is 0 Å². The summed E-state index contributed by atoms with van der Waals surface area (Å²) in [4.78, 5) is 14.5. The number of hydrogen-bond donors (Lipinski definition) is 1. The predicted molar refractivity (Wildman–Crippen MR) is 106 cm³/mol. The van der Waals surface area contributed by atoms with Gasteiger partial charge in [0.15, 0.2) is 0 Å². The normalized spacial score (nSPS) is 25.7. The van der Waals surface area contributed by atoms with Crippen molar-refractivity contribution in [2.45, 2.75) is 56.4 Å². The van der Waals surface area contributed by atoms with E-state index in [9.17, 15) is 14.3 Å². The molecule has 2 unspecified atom stereocenters. The lowest BCUT2D eigenvalue weighted by atomic mass is 9.81. The topological polar surface area (TPSA) is 59.0 Å². The Morgan fingerprint density at radius 3 is 2.52 bits per heavy atom. The van der Waals surface area contributed by atoms with E-state index in [0.717, 1.165) is 18.4 Å². The molecule has 6 heteroatoms. The molecule has 1 amide bonds. The van der Waals surface area contributed by atoms with Gasteiger partial charge in [-0.15, -0.1) is 0 Å². The number of ether oxygens (including phenoxy) is 2.